The highest BCUT2D eigenvalue weighted by atomic mass is 16.4. The lowest BCUT2D eigenvalue weighted by molar-refractivity contribution is 0.582. The van der Waals surface area contributed by atoms with E-state index in [1.54, 1.807) is 6.20 Å². The minimum absolute atomic E-state index is 0.257. The summed E-state index contributed by atoms with van der Waals surface area (Å²) in [6, 6.07) is 16.3. The van der Waals surface area contributed by atoms with Crippen LogP contribution in [0.1, 0.15) is 16.7 Å². The van der Waals surface area contributed by atoms with E-state index in [4.69, 9.17) is 10.2 Å². The number of hydrogen-bond donors (Lipinski definition) is 2. The maximum Gasteiger partial charge on any atom is 0.270 e. The van der Waals surface area contributed by atoms with Gasteiger partial charge in [-0.05, 0) is 35.9 Å². The zero-order chi connectivity index (χ0) is 20.5. The normalized spacial score (nSPS) is 12.9. The van der Waals surface area contributed by atoms with Crippen molar-refractivity contribution in [2.24, 2.45) is 0 Å². The molecule has 3 heterocycles. The second kappa shape index (κ2) is 7.57. The molecule has 0 bridgehead atoms. The summed E-state index contributed by atoms with van der Waals surface area (Å²) in [5.41, 5.74) is 11.1. The summed E-state index contributed by atoms with van der Waals surface area (Å²) < 4.78 is 5.88. The van der Waals surface area contributed by atoms with Crippen LogP contribution in [0, 0.1) is 0 Å². The highest BCUT2D eigenvalue weighted by Crippen LogP contribution is 2.30. The van der Waals surface area contributed by atoms with Gasteiger partial charge in [0.15, 0.2) is 11.5 Å². The number of nitrogens with zero attached hydrogens (tertiary/aromatic N) is 5. The van der Waals surface area contributed by atoms with Crippen molar-refractivity contribution in [1.29, 1.82) is 0 Å². The highest BCUT2D eigenvalue weighted by molar-refractivity contribution is 5.66. The van der Waals surface area contributed by atoms with Crippen molar-refractivity contribution in [3.8, 4) is 23.0 Å². The van der Waals surface area contributed by atoms with E-state index in [1.165, 1.54) is 16.7 Å². The van der Waals surface area contributed by atoms with Gasteiger partial charge < -0.3 is 20.4 Å². The molecule has 0 unspecified atom stereocenters. The largest absolute Gasteiger partial charge is 0.414 e. The molecule has 1 aliphatic heterocycles. The van der Waals surface area contributed by atoms with E-state index in [1.807, 2.05) is 43.4 Å². The summed E-state index contributed by atoms with van der Waals surface area (Å²) in [5, 5.41) is 11.5. The Morgan fingerprint density at radius 1 is 1.00 bits per heavy atom. The van der Waals surface area contributed by atoms with Crippen molar-refractivity contribution in [3.63, 3.8) is 0 Å². The number of nitrogens with two attached hydrogens (primary N) is 1. The van der Waals surface area contributed by atoms with Crippen molar-refractivity contribution in [2.75, 3.05) is 17.7 Å². The standard InChI is InChI=1S/C22H21N7O/c1-24-10-14-6-8-15(9-7-14)21-27-28-22(30-21)19-20(23)25-11-18(26-19)29-12-16-4-2-3-5-17(16)13-29/h2-9,11,24H,10,12-13H2,1H3,(H2,23,25). The van der Waals surface area contributed by atoms with Crippen molar-refractivity contribution in [1.82, 2.24) is 25.5 Å². The number of benzene rings is 2. The second-order valence-electron chi connectivity index (χ2n) is 7.23. The lowest BCUT2D eigenvalue weighted by atomic mass is 10.1. The third-order valence-corrected chi connectivity index (χ3v) is 5.16. The van der Waals surface area contributed by atoms with Crippen LogP contribution in [0.2, 0.25) is 0 Å². The van der Waals surface area contributed by atoms with Crippen molar-refractivity contribution >= 4 is 11.6 Å². The number of rotatable bonds is 5. The molecule has 0 amide bonds. The van der Waals surface area contributed by atoms with Crippen molar-refractivity contribution in [3.05, 3.63) is 71.4 Å². The summed E-state index contributed by atoms with van der Waals surface area (Å²) in [6.07, 6.45) is 1.68. The Hall–Kier alpha value is -3.78. The molecule has 0 atom stereocenters. The Balaban J connectivity index is 1.42. The van der Waals surface area contributed by atoms with Crippen LogP contribution >= 0.6 is 0 Å². The topological polar surface area (TPSA) is 106 Å². The van der Waals surface area contributed by atoms with Crippen LogP contribution in [0.3, 0.4) is 0 Å². The fourth-order valence-corrected chi connectivity index (χ4v) is 3.60. The third-order valence-electron chi connectivity index (χ3n) is 5.16. The molecule has 0 saturated heterocycles. The molecule has 1 aliphatic rings. The molecule has 0 fully saturated rings. The van der Waals surface area contributed by atoms with Gasteiger partial charge in [0, 0.05) is 25.2 Å². The average Bonchev–Trinajstić information content (AvgIpc) is 3.42. The maximum absolute atomic E-state index is 6.08. The van der Waals surface area contributed by atoms with Gasteiger partial charge in [0.05, 0.1) is 6.20 Å². The fourth-order valence-electron chi connectivity index (χ4n) is 3.60. The van der Waals surface area contributed by atoms with Crippen LogP contribution in [0.25, 0.3) is 23.0 Å². The van der Waals surface area contributed by atoms with Crippen LogP contribution in [0.5, 0.6) is 0 Å². The number of aromatic nitrogens is 4. The zero-order valence-electron chi connectivity index (χ0n) is 16.5. The van der Waals surface area contributed by atoms with E-state index in [9.17, 15) is 0 Å². The first-order valence-electron chi connectivity index (χ1n) is 9.73. The molecular formula is C22H21N7O. The van der Waals surface area contributed by atoms with Crippen molar-refractivity contribution in [2.45, 2.75) is 19.6 Å². The van der Waals surface area contributed by atoms with Gasteiger partial charge in [0.1, 0.15) is 5.82 Å². The zero-order valence-corrected chi connectivity index (χ0v) is 16.5. The Bertz CT molecular complexity index is 1160. The summed E-state index contributed by atoms with van der Waals surface area (Å²) in [7, 11) is 1.92. The van der Waals surface area contributed by atoms with Gasteiger partial charge in [-0.15, -0.1) is 10.2 Å². The number of hydrogen-bond acceptors (Lipinski definition) is 8. The molecule has 8 nitrogen and oxygen atoms in total. The highest BCUT2D eigenvalue weighted by Gasteiger charge is 2.22. The van der Waals surface area contributed by atoms with E-state index < -0.39 is 0 Å². The second-order valence-corrected chi connectivity index (χ2v) is 7.23. The van der Waals surface area contributed by atoms with Gasteiger partial charge in [0.2, 0.25) is 5.89 Å². The Kier molecular flexibility index (Phi) is 4.61. The van der Waals surface area contributed by atoms with Gasteiger partial charge in [-0.1, -0.05) is 36.4 Å². The molecule has 4 aromatic rings. The van der Waals surface area contributed by atoms with Gasteiger partial charge in [-0.3, -0.25) is 0 Å². The fraction of sp³-hybridized carbons (Fsp3) is 0.182. The molecular weight excluding hydrogens is 378 g/mol. The van der Waals surface area contributed by atoms with E-state index in [0.29, 0.717) is 11.6 Å². The van der Waals surface area contributed by atoms with Crippen LogP contribution in [-0.2, 0) is 19.6 Å². The summed E-state index contributed by atoms with van der Waals surface area (Å²) in [5.74, 6) is 1.66. The van der Waals surface area contributed by atoms with Gasteiger partial charge in [0.25, 0.3) is 5.89 Å². The molecule has 8 heteroatoms. The van der Waals surface area contributed by atoms with Gasteiger partial charge in [-0.2, -0.15) is 0 Å². The molecule has 0 spiro atoms. The predicted molar refractivity (Wildman–Crippen MR) is 114 cm³/mol. The van der Waals surface area contributed by atoms with Crippen LogP contribution in [-0.4, -0.2) is 27.2 Å². The molecule has 2 aromatic heterocycles. The third kappa shape index (κ3) is 3.37. The van der Waals surface area contributed by atoms with E-state index in [-0.39, 0.29) is 11.7 Å². The molecule has 150 valence electrons. The van der Waals surface area contributed by atoms with Crippen LogP contribution in [0.15, 0.2) is 59.1 Å². The quantitative estimate of drug-likeness (QED) is 0.527. The number of fused-ring (bicyclic) bond motifs is 1. The van der Waals surface area contributed by atoms with Gasteiger partial charge in [-0.25, -0.2) is 9.97 Å². The Labute approximate surface area is 173 Å². The smallest absolute Gasteiger partial charge is 0.270 e. The van der Waals surface area contributed by atoms with E-state index in [2.05, 4.69) is 42.5 Å². The minimum atomic E-state index is 0.257. The Morgan fingerprint density at radius 2 is 1.70 bits per heavy atom. The van der Waals surface area contributed by atoms with Crippen molar-refractivity contribution < 1.29 is 4.42 Å². The molecule has 5 rings (SSSR count). The Morgan fingerprint density at radius 3 is 2.40 bits per heavy atom. The maximum atomic E-state index is 6.08. The van der Waals surface area contributed by atoms with Gasteiger partial charge >= 0.3 is 0 Å². The minimum Gasteiger partial charge on any atom is -0.414 e. The molecule has 0 aliphatic carbocycles. The summed E-state index contributed by atoms with van der Waals surface area (Å²) in [6.45, 7) is 2.36. The summed E-state index contributed by atoms with van der Waals surface area (Å²) in [4.78, 5) is 11.2. The van der Waals surface area contributed by atoms with Crippen LogP contribution < -0.4 is 16.0 Å². The summed E-state index contributed by atoms with van der Waals surface area (Å²) >= 11 is 0. The lowest BCUT2D eigenvalue weighted by Gasteiger charge is -2.16. The first kappa shape index (κ1) is 18.3. The molecule has 2 aromatic carbocycles. The first-order chi connectivity index (χ1) is 14.7. The molecule has 30 heavy (non-hydrogen) atoms. The molecule has 0 radical (unpaired) electrons. The number of anilines is 2. The molecule has 0 saturated carbocycles. The first-order valence-corrected chi connectivity index (χ1v) is 9.73. The predicted octanol–water partition coefficient (Wildman–Crippen LogP) is 3.02. The van der Waals surface area contributed by atoms with Crippen LogP contribution in [0.4, 0.5) is 11.6 Å². The van der Waals surface area contributed by atoms with E-state index >= 15 is 0 Å². The SMILES string of the molecule is CNCc1ccc(-c2nnc(-c3nc(N4Cc5ccccc5C4)cnc3N)o2)cc1. The van der Waals surface area contributed by atoms with E-state index in [0.717, 1.165) is 31.0 Å². The number of nitrogen functional groups attached to an aromatic ring is 1. The monoisotopic (exact) mass is 399 g/mol. The molecule has 3 N–H and O–H groups in total. The number of nitrogens with one attached hydrogen (secondary N) is 1. The average molecular weight is 399 g/mol. The lowest BCUT2D eigenvalue weighted by Crippen LogP contribution is -2.17.